The molecule has 2 nitrogen and oxygen atoms in total. The van der Waals surface area contributed by atoms with Gasteiger partial charge < -0.3 is 4.74 Å². The van der Waals surface area contributed by atoms with Crippen LogP contribution >= 0.6 is 0 Å². The van der Waals surface area contributed by atoms with E-state index >= 15 is 0 Å². The minimum atomic E-state index is 0.561. The fourth-order valence-electron chi connectivity index (χ4n) is 2.73. The Morgan fingerprint density at radius 1 is 0.833 bits per heavy atom. The van der Waals surface area contributed by atoms with E-state index in [4.69, 9.17) is 4.74 Å². The summed E-state index contributed by atoms with van der Waals surface area (Å²) in [5.41, 5.74) is 4.54. The molecular weight excluding hydrogens is 296 g/mol. The van der Waals surface area contributed by atoms with Crippen LogP contribution in [0.15, 0.2) is 78.9 Å². The first-order valence-corrected chi connectivity index (χ1v) is 7.78. The van der Waals surface area contributed by atoms with Crippen LogP contribution in [0.3, 0.4) is 0 Å². The number of carbonyl (C=O) groups is 1. The highest BCUT2D eigenvalue weighted by atomic mass is 16.5. The van der Waals surface area contributed by atoms with E-state index < -0.39 is 0 Å². The fourth-order valence-corrected chi connectivity index (χ4v) is 2.73. The molecule has 3 aromatic rings. The smallest absolute Gasteiger partial charge is 0.154 e. The van der Waals surface area contributed by atoms with Crippen molar-refractivity contribution in [1.82, 2.24) is 0 Å². The molecule has 2 heteroatoms. The Morgan fingerprint density at radius 3 is 2.12 bits per heavy atom. The van der Waals surface area contributed by atoms with Gasteiger partial charge in [-0.05, 0) is 34.4 Å². The zero-order chi connectivity index (χ0) is 16.8. The molecule has 0 aliphatic heterocycles. The van der Waals surface area contributed by atoms with Gasteiger partial charge in [-0.1, -0.05) is 72.8 Å². The van der Waals surface area contributed by atoms with Crippen LogP contribution in [0.2, 0.25) is 0 Å². The molecule has 3 rings (SSSR count). The third-order valence-corrected chi connectivity index (χ3v) is 3.89. The number of hydrogen-bond donors (Lipinski definition) is 0. The van der Waals surface area contributed by atoms with Crippen LogP contribution < -0.4 is 4.74 Å². The standard InChI is InChI=1S/C22H18O2/c1-24-22-14-8-13-19(21(22)16-23)20(18-11-6-3-7-12-18)15-17-9-4-2-5-10-17/h2-16H,1H3/b20-15+. The molecule has 0 fully saturated rings. The lowest BCUT2D eigenvalue weighted by atomic mass is 9.92. The summed E-state index contributed by atoms with van der Waals surface area (Å²) in [7, 11) is 1.58. The molecule has 0 heterocycles. The third-order valence-electron chi connectivity index (χ3n) is 3.89. The van der Waals surface area contributed by atoms with Crippen molar-refractivity contribution in [3.8, 4) is 5.75 Å². The molecular formula is C22H18O2. The Balaban J connectivity index is 2.24. The highest BCUT2D eigenvalue weighted by Gasteiger charge is 2.13. The molecule has 0 radical (unpaired) electrons. The van der Waals surface area contributed by atoms with Crippen molar-refractivity contribution in [2.24, 2.45) is 0 Å². The van der Waals surface area contributed by atoms with Crippen LogP contribution in [0.4, 0.5) is 0 Å². The van der Waals surface area contributed by atoms with Crippen molar-refractivity contribution in [3.05, 3.63) is 101 Å². The van der Waals surface area contributed by atoms with E-state index in [9.17, 15) is 4.79 Å². The van der Waals surface area contributed by atoms with Gasteiger partial charge in [0, 0.05) is 0 Å². The number of carbonyl (C=O) groups excluding carboxylic acids is 1. The van der Waals surface area contributed by atoms with Crippen molar-refractivity contribution >= 4 is 17.9 Å². The van der Waals surface area contributed by atoms with Gasteiger partial charge >= 0.3 is 0 Å². The molecule has 3 aromatic carbocycles. The predicted octanol–water partition coefficient (Wildman–Crippen LogP) is 5.10. The molecule has 118 valence electrons. The largest absolute Gasteiger partial charge is 0.496 e. The van der Waals surface area contributed by atoms with Crippen molar-refractivity contribution in [3.63, 3.8) is 0 Å². The summed E-state index contributed by atoms with van der Waals surface area (Å²) < 4.78 is 5.35. The van der Waals surface area contributed by atoms with Crippen LogP contribution in [-0.2, 0) is 0 Å². The van der Waals surface area contributed by atoms with Crippen LogP contribution in [-0.4, -0.2) is 13.4 Å². The SMILES string of the molecule is COc1cccc(/C(=C/c2ccccc2)c2ccccc2)c1C=O. The van der Waals surface area contributed by atoms with E-state index in [-0.39, 0.29) is 0 Å². The molecule has 0 bridgehead atoms. The zero-order valence-corrected chi connectivity index (χ0v) is 13.5. The predicted molar refractivity (Wildman–Crippen MR) is 98.2 cm³/mol. The minimum absolute atomic E-state index is 0.561. The summed E-state index contributed by atoms with van der Waals surface area (Å²) in [5.74, 6) is 0.581. The lowest BCUT2D eigenvalue weighted by Gasteiger charge is -2.14. The summed E-state index contributed by atoms with van der Waals surface area (Å²) >= 11 is 0. The second-order valence-electron chi connectivity index (χ2n) is 5.37. The number of benzene rings is 3. The molecule has 0 saturated carbocycles. The second-order valence-corrected chi connectivity index (χ2v) is 5.37. The molecule has 0 N–H and O–H groups in total. The number of methoxy groups -OCH3 is 1. The van der Waals surface area contributed by atoms with Gasteiger partial charge in [-0.25, -0.2) is 0 Å². The molecule has 0 atom stereocenters. The Morgan fingerprint density at radius 2 is 1.50 bits per heavy atom. The molecule has 24 heavy (non-hydrogen) atoms. The zero-order valence-electron chi connectivity index (χ0n) is 13.5. The molecule has 0 unspecified atom stereocenters. The molecule has 0 aliphatic rings. The number of aldehydes is 1. The highest BCUT2D eigenvalue weighted by molar-refractivity contribution is 5.98. The number of hydrogen-bond acceptors (Lipinski definition) is 2. The normalized spacial score (nSPS) is 11.1. The molecule has 0 aromatic heterocycles. The lowest BCUT2D eigenvalue weighted by Crippen LogP contribution is -1.98. The van der Waals surface area contributed by atoms with Crippen molar-refractivity contribution < 1.29 is 9.53 Å². The number of rotatable bonds is 5. The van der Waals surface area contributed by atoms with E-state index in [2.05, 4.69) is 6.08 Å². The van der Waals surface area contributed by atoms with Gasteiger partial charge in [-0.2, -0.15) is 0 Å². The van der Waals surface area contributed by atoms with E-state index in [1.165, 1.54) is 0 Å². The summed E-state index contributed by atoms with van der Waals surface area (Å²) in [5, 5.41) is 0. The summed E-state index contributed by atoms with van der Waals surface area (Å²) in [6.07, 6.45) is 2.95. The monoisotopic (exact) mass is 314 g/mol. The van der Waals surface area contributed by atoms with Crippen molar-refractivity contribution in [2.75, 3.05) is 7.11 Å². The van der Waals surface area contributed by atoms with E-state index in [1.54, 1.807) is 13.2 Å². The van der Waals surface area contributed by atoms with Crippen LogP contribution in [0.5, 0.6) is 5.75 Å². The summed E-state index contributed by atoms with van der Waals surface area (Å²) in [4.78, 5) is 11.7. The maximum atomic E-state index is 11.7. The summed E-state index contributed by atoms with van der Waals surface area (Å²) in [6.45, 7) is 0. The minimum Gasteiger partial charge on any atom is -0.496 e. The van der Waals surface area contributed by atoms with Gasteiger partial charge in [0.1, 0.15) is 5.75 Å². The summed E-state index contributed by atoms with van der Waals surface area (Å²) in [6, 6.07) is 25.8. The van der Waals surface area contributed by atoms with Crippen LogP contribution in [0.1, 0.15) is 27.0 Å². The first kappa shape index (κ1) is 15.8. The Bertz CT molecular complexity index is 850. The molecule has 0 aliphatic carbocycles. The Hall–Kier alpha value is -3.13. The Labute approximate surface area is 142 Å². The van der Waals surface area contributed by atoms with E-state index in [0.29, 0.717) is 11.3 Å². The molecule has 0 amide bonds. The quantitative estimate of drug-likeness (QED) is 0.484. The van der Waals surface area contributed by atoms with Crippen LogP contribution in [0.25, 0.3) is 11.6 Å². The van der Waals surface area contributed by atoms with Gasteiger partial charge in [0.15, 0.2) is 6.29 Å². The fraction of sp³-hybridized carbons (Fsp3) is 0.0455. The highest BCUT2D eigenvalue weighted by Crippen LogP contribution is 2.32. The average molecular weight is 314 g/mol. The van der Waals surface area contributed by atoms with Gasteiger partial charge in [-0.3, -0.25) is 4.79 Å². The van der Waals surface area contributed by atoms with Gasteiger partial charge in [0.25, 0.3) is 0 Å². The lowest BCUT2D eigenvalue weighted by molar-refractivity contribution is 0.112. The van der Waals surface area contributed by atoms with Crippen molar-refractivity contribution in [1.29, 1.82) is 0 Å². The van der Waals surface area contributed by atoms with Gasteiger partial charge in [-0.15, -0.1) is 0 Å². The van der Waals surface area contributed by atoms with Gasteiger partial charge in [0.05, 0.1) is 12.7 Å². The second kappa shape index (κ2) is 7.42. The first-order chi connectivity index (χ1) is 11.8. The third kappa shape index (κ3) is 3.28. The molecule has 0 saturated heterocycles. The maximum absolute atomic E-state index is 11.7. The average Bonchev–Trinajstić information content (AvgIpc) is 2.67. The first-order valence-electron chi connectivity index (χ1n) is 7.78. The molecule has 0 spiro atoms. The van der Waals surface area contributed by atoms with Gasteiger partial charge in [0.2, 0.25) is 0 Å². The Kier molecular flexibility index (Phi) is 4.87. The van der Waals surface area contributed by atoms with E-state index in [1.807, 2.05) is 72.8 Å². The van der Waals surface area contributed by atoms with E-state index in [0.717, 1.165) is 28.5 Å². The number of ether oxygens (including phenoxy) is 1. The topological polar surface area (TPSA) is 26.3 Å². The van der Waals surface area contributed by atoms with Crippen LogP contribution in [0, 0.1) is 0 Å². The maximum Gasteiger partial charge on any atom is 0.154 e. The van der Waals surface area contributed by atoms with Crippen molar-refractivity contribution in [2.45, 2.75) is 0 Å².